The third-order valence-corrected chi connectivity index (χ3v) is 5.72. The van der Waals surface area contributed by atoms with Crippen LogP contribution < -0.4 is 16.2 Å². The van der Waals surface area contributed by atoms with Crippen molar-refractivity contribution in [2.24, 2.45) is 5.92 Å². The molecule has 2 aromatic heterocycles. The van der Waals surface area contributed by atoms with Gasteiger partial charge in [0.2, 0.25) is 11.9 Å². The van der Waals surface area contributed by atoms with Crippen molar-refractivity contribution >= 4 is 40.2 Å². The average Bonchev–Trinajstić information content (AvgIpc) is 2.75. The van der Waals surface area contributed by atoms with Gasteiger partial charge in [-0.05, 0) is 43.9 Å². The van der Waals surface area contributed by atoms with Crippen LogP contribution in [-0.2, 0) is 9.53 Å². The van der Waals surface area contributed by atoms with E-state index in [0.29, 0.717) is 53.4 Å². The van der Waals surface area contributed by atoms with Gasteiger partial charge >= 0.3 is 0 Å². The molecule has 0 unspecified atom stereocenters. The molecule has 162 valence electrons. The first kappa shape index (κ1) is 21.3. The summed E-state index contributed by atoms with van der Waals surface area (Å²) in [6, 6.07) is 8.54. The van der Waals surface area contributed by atoms with Crippen LogP contribution in [0.25, 0.3) is 10.9 Å². The predicted molar refractivity (Wildman–Crippen MR) is 120 cm³/mol. The van der Waals surface area contributed by atoms with Gasteiger partial charge in [-0.2, -0.15) is 4.98 Å². The number of anilines is 2. The number of nitrogens with one attached hydrogen (secondary N) is 3. The van der Waals surface area contributed by atoms with Gasteiger partial charge in [-0.25, -0.2) is 4.98 Å². The van der Waals surface area contributed by atoms with Crippen LogP contribution in [0.3, 0.4) is 0 Å². The zero-order valence-electron chi connectivity index (χ0n) is 17.2. The molecule has 1 saturated heterocycles. The van der Waals surface area contributed by atoms with Gasteiger partial charge in [0.25, 0.3) is 5.56 Å². The van der Waals surface area contributed by atoms with E-state index in [1.54, 1.807) is 24.4 Å². The average molecular weight is 442 g/mol. The molecule has 0 spiro atoms. The van der Waals surface area contributed by atoms with Crippen molar-refractivity contribution in [3.05, 3.63) is 57.5 Å². The van der Waals surface area contributed by atoms with E-state index in [-0.39, 0.29) is 17.5 Å². The lowest BCUT2D eigenvalue weighted by Gasteiger charge is -2.21. The van der Waals surface area contributed by atoms with Gasteiger partial charge in [-0.3, -0.25) is 9.59 Å². The Bertz CT molecular complexity index is 1140. The van der Waals surface area contributed by atoms with E-state index in [1.807, 2.05) is 19.1 Å². The molecule has 3 aromatic rings. The van der Waals surface area contributed by atoms with Crippen LogP contribution in [0, 0.1) is 5.92 Å². The van der Waals surface area contributed by atoms with Crippen molar-refractivity contribution in [3.8, 4) is 0 Å². The van der Waals surface area contributed by atoms with Crippen LogP contribution in [0.2, 0.25) is 5.02 Å². The summed E-state index contributed by atoms with van der Waals surface area (Å²) in [7, 11) is 0. The van der Waals surface area contributed by atoms with Gasteiger partial charge in [0.1, 0.15) is 5.82 Å². The Balaban J connectivity index is 1.45. The number of nitrogens with zero attached hydrogens (tertiary/aromatic N) is 2. The highest BCUT2D eigenvalue weighted by Crippen LogP contribution is 2.23. The van der Waals surface area contributed by atoms with E-state index in [1.165, 1.54) is 0 Å². The van der Waals surface area contributed by atoms with Crippen LogP contribution in [0.1, 0.15) is 37.8 Å². The Morgan fingerprint density at radius 3 is 2.94 bits per heavy atom. The summed E-state index contributed by atoms with van der Waals surface area (Å²) in [6.07, 6.45) is 3.80. The fourth-order valence-corrected chi connectivity index (χ4v) is 3.94. The van der Waals surface area contributed by atoms with E-state index in [2.05, 4.69) is 25.6 Å². The minimum atomic E-state index is -0.361. The first-order valence-corrected chi connectivity index (χ1v) is 10.7. The number of pyridine rings is 1. The molecule has 8 nitrogen and oxygen atoms in total. The summed E-state index contributed by atoms with van der Waals surface area (Å²) in [5.74, 6) is 0.997. The molecule has 1 atom stereocenters. The van der Waals surface area contributed by atoms with Gasteiger partial charge in [-0.1, -0.05) is 23.7 Å². The predicted octanol–water partition coefficient (Wildman–Crippen LogP) is 3.90. The molecule has 1 amide bonds. The summed E-state index contributed by atoms with van der Waals surface area (Å²) in [5, 5.41) is 7.29. The molecule has 1 aromatic carbocycles. The molecule has 3 N–H and O–H groups in total. The van der Waals surface area contributed by atoms with E-state index in [0.717, 1.165) is 18.2 Å². The van der Waals surface area contributed by atoms with E-state index >= 15 is 0 Å². The van der Waals surface area contributed by atoms with Crippen LogP contribution in [0.15, 0.2) is 41.3 Å². The molecule has 0 saturated carbocycles. The number of hydrogen-bond donors (Lipinski definition) is 3. The SMILES string of the molecule is C[C@H](Nc1nccc(NC(=O)CC2CCOCC2)n1)c1cc2cccc(Cl)c2[nH]c1=O. The number of aromatic nitrogens is 3. The molecule has 1 fully saturated rings. The number of benzene rings is 1. The summed E-state index contributed by atoms with van der Waals surface area (Å²) in [5.41, 5.74) is 0.907. The highest BCUT2D eigenvalue weighted by molar-refractivity contribution is 6.35. The van der Waals surface area contributed by atoms with E-state index in [4.69, 9.17) is 16.3 Å². The second kappa shape index (κ2) is 9.45. The number of H-pyrrole nitrogens is 1. The normalized spacial score (nSPS) is 15.5. The van der Waals surface area contributed by atoms with Crippen molar-refractivity contribution in [2.45, 2.75) is 32.2 Å². The summed E-state index contributed by atoms with van der Waals surface area (Å²) in [6.45, 7) is 3.26. The standard InChI is InChI=1S/C22H24ClN5O3/c1-13(16-12-15-3-2-4-17(23)20(15)28-21(16)30)25-22-24-8-5-18(27-22)26-19(29)11-14-6-9-31-10-7-14/h2-5,8,12-14H,6-7,9-11H2,1H3,(H,28,30)(H2,24,25,26,27,29)/t13-/m0/s1. The number of carbonyl (C=O) groups excluding carboxylic acids is 1. The third kappa shape index (κ3) is 5.21. The molecule has 0 aliphatic carbocycles. The fourth-order valence-electron chi connectivity index (χ4n) is 3.71. The van der Waals surface area contributed by atoms with Crippen molar-refractivity contribution in [1.82, 2.24) is 15.0 Å². The lowest BCUT2D eigenvalue weighted by Crippen LogP contribution is -2.23. The highest BCUT2D eigenvalue weighted by Gasteiger charge is 2.18. The first-order chi connectivity index (χ1) is 15.0. The Morgan fingerprint density at radius 2 is 2.13 bits per heavy atom. The van der Waals surface area contributed by atoms with E-state index in [9.17, 15) is 9.59 Å². The second-order valence-corrected chi connectivity index (χ2v) is 8.10. The molecule has 4 rings (SSSR count). The Labute approximate surface area is 184 Å². The minimum Gasteiger partial charge on any atom is -0.381 e. The molecule has 31 heavy (non-hydrogen) atoms. The van der Waals surface area contributed by atoms with Crippen molar-refractivity contribution in [3.63, 3.8) is 0 Å². The zero-order valence-corrected chi connectivity index (χ0v) is 17.9. The Kier molecular flexibility index (Phi) is 6.48. The summed E-state index contributed by atoms with van der Waals surface area (Å²) >= 11 is 6.16. The number of ether oxygens (including phenoxy) is 1. The molecule has 1 aliphatic heterocycles. The van der Waals surface area contributed by atoms with Crippen LogP contribution in [0.4, 0.5) is 11.8 Å². The van der Waals surface area contributed by atoms with Crippen LogP contribution >= 0.6 is 11.6 Å². The maximum absolute atomic E-state index is 12.6. The molecular formula is C22H24ClN5O3. The highest BCUT2D eigenvalue weighted by atomic mass is 35.5. The van der Waals surface area contributed by atoms with Crippen molar-refractivity contribution in [1.29, 1.82) is 0 Å². The number of fused-ring (bicyclic) bond motifs is 1. The van der Waals surface area contributed by atoms with Gasteiger partial charge in [0.05, 0.1) is 16.6 Å². The second-order valence-electron chi connectivity index (χ2n) is 7.70. The topological polar surface area (TPSA) is 109 Å². The first-order valence-electron chi connectivity index (χ1n) is 10.3. The van der Waals surface area contributed by atoms with Gasteiger partial charge in [0, 0.05) is 36.8 Å². The molecule has 9 heteroatoms. The van der Waals surface area contributed by atoms with Gasteiger partial charge in [0.15, 0.2) is 0 Å². The number of rotatable bonds is 6. The largest absolute Gasteiger partial charge is 0.381 e. The van der Waals surface area contributed by atoms with Crippen LogP contribution in [-0.4, -0.2) is 34.1 Å². The number of amides is 1. The van der Waals surface area contributed by atoms with Crippen LogP contribution in [0.5, 0.6) is 0 Å². The number of hydrogen-bond acceptors (Lipinski definition) is 6. The monoisotopic (exact) mass is 441 g/mol. The smallest absolute Gasteiger partial charge is 0.253 e. The number of para-hydroxylation sites is 1. The maximum Gasteiger partial charge on any atom is 0.253 e. The molecule has 1 aliphatic rings. The summed E-state index contributed by atoms with van der Waals surface area (Å²) in [4.78, 5) is 36.3. The zero-order chi connectivity index (χ0) is 21.8. The third-order valence-electron chi connectivity index (χ3n) is 5.41. The molecular weight excluding hydrogens is 418 g/mol. The molecule has 0 bridgehead atoms. The quantitative estimate of drug-likeness (QED) is 0.535. The lowest BCUT2D eigenvalue weighted by atomic mass is 9.96. The number of carbonyl (C=O) groups is 1. The van der Waals surface area contributed by atoms with E-state index < -0.39 is 0 Å². The maximum atomic E-state index is 12.6. The molecule has 3 heterocycles. The summed E-state index contributed by atoms with van der Waals surface area (Å²) < 4.78 is 5.33. The Morgan fingerprint density at radius 1 is 1.32 bits per heavy atom. The Hall–Kier alpha value is -2.97. The fraction of sp³-hybridized carbons (Fsp3) is 0.364. The lowest BCUT2D eigenvalue weighted by molar-refractivity contribution is -0.117. The van der Waals surface area contributed by atoms with Crippen molar-refractivity contribution < 1.29 is 9.53 Å². The number of aromatic amines is 1. The van der Waals surface area contributed by atoms with Gasteiger partial charge < -0.3 is 20.4 Å². The molecule has 0 radical (unpaired) electrons. The van der Waals surface area contributed by atoms with Gasteiger partial charge in [-0.15, -0.1) is 0 Å². The minimum absolute atomic E-state index is 0.0764. The van der Waals surface area contributed by atoms with Crippen molar-refractivity contribution in [2.75, 3.05) is 23.8 Å². The number of halogens is 1.